The zero-order valence-electron chi connectivity index (χ0n) is 21.9. The van der Waals surface area contributed by atoms with Gasteiger partial charge in [0.15, 0.2) is 17.3 Å². The Bertz CT molecular complexity index is 1760. The van der Waals surface area contributed by atoms with Gasteiger partial charge in [-0.15, -0.1) is 0 Å². The molecule has 1 aliphatic carbocycles. The van der Waals surface area contributed by atoms with Gasteiger partial charge in [-0.25, -0.2) is 8.78 Å². The summed E-state index contributed by atoms with van der Waals surface area (Å²) in [7, 11) is 1.50. The molecule has 3 aliphatic rings. The normalized spacial score (nSPS) is 21.5. The third-order valence-electron chi connectivity index (χ3n) is 8.62. The highest BCUT2D eigenvalue weighted by atomic mass is 19.1. The quantitative estimate of drug-likeness (QED) is 0.222. The predicted octanol–water partition coefficient (Wildman–Crippen LogP) is 6.29. The van der Waals surface area contributed by atoms with Gasteiger partial charge in [0.05, 0.1) is 13.2 Å². The highest BCUT2D eigenvalue weighted by Gasteiger charge is 2.71. The van der Waals surface area contributed by atoms with Gasteiger partial charge in [0.25, 0.3) is 0 Å². The lowest BCUT2D eigenvalue weighted by molar-refractivity contribution is 0.0666. The molecule has 0 unspecified atom stereocenters. The first-order chi connectivity index (χ1) is 19.9. The molecule has 0 saturated carbocycles. The Morgan fingerprint density at radius 3 is 2.20 bits per heavy atom. The molecule has 2 aliphatic heterocycles. The Hall–Kier alpha value is -4.91. The zero-order chi connectivity index (χ0) is 28.5. The van der Waals surface area contributed by atoms with Crippen LogP contribution in [-0.4, -0.2) is 36.5 Å². The maximum atomic E-state index is 14.6. The van der Waals surface area contributed by atoms with Crippen molar-refractivity contribution in [3.8, 4) is 5.75 Å². The number of nitrogens with zero attached hydrogens (tertiary/aromatic N) is 1. The van der Waals surface area contributed by atoms with Crippen molar-refractivity contribution < 1.29 is 27.9 Å². The lowest BCUT2D eigenvalue weighted by Gasteiger charge is -2.37. The molecule has 5 nitrogen and oxygen atoms in total. The molecule has 1 spiro atoms. The van der Waals surface area contributed by atoms with Crippen molar-refractivity contribution >= 4 is 29.1 Å². The van der Waals surface area contributed by atoms with E-state index in [-0.39, 0.29) is 16.9 Å². The minimum atomic E-state index is -1.72. The number of hydrogen-bond acceptors (Lipinski definition) is 5. The van der Waals surface area contributed by atoms with Crippen LogP contribution in [0.2, 0.25) is 0 Å². The number of fused-ring (bicyclic) bond motifs is 5. The summed E-state index contributed by atoms with van der Waals surface area (Å²) in [4.78, 5) is 45.5. The molecule has 0 N–H and O–H groups in total. The number of ether oxygens (including phenoxy) is 1. The van der Waals surface area contributed by atoms with E-state index in [1.54, 1.807) is 71.6 Å². The highest BCUT2D eigenvalue weighted by Crippen LogP contribution is 2.61. The van der Waals surface area contributed by atoms with Crippen LogP contribution in [0.25, 0.3) is 6.08 Å². The van der Waals surface area contributed by atoms with Crippen molar-refractivity contribution in [2.24, 2.45) is 5.41 Å². The number of anilines is 1. The third kappa shape index (κ3) is 3.41. The first-order valence-electron chi connectivity index (χ1n) is 13.2. The van der Waals surface area contributed by atoms with Gasteiger partial charge < -0.3 is 9.64 Å². The molecule has 1 fully saturated rings. The SMILES string of the molecule is COc1cccc(C(=O)[C@@H]2[C@@H](c3ccc(F)cc3)C3(C(=O)c4ccccc4C3=O)[C@@H]3C=Cc4cc(F)ccc4N23)c1. The third-order valence-corrected chi connectivity index (χ3v) is 8.62. The topological polar surface area (TPSA) is 63.7 Å². The number of methoxy groups -OCH3 is 1. The summed E-state index contributed by atoms with van der Waals surface area (Å²) in [6.45, 7) is 0. The van der Waals surface area contributed by atoms with Crippen LogP contribution in [-0.2, 0) is 0 Å². The van der Waals surface area contributed by atoms with E-state index < -0.39 is 46.6 Å². The number of Topliss-reactive ketones (excluding diaryl/α,β-unsaturated/α-hetero) is 3. The summed E-state index contributed by atoms with van der Waals surface area (Å²) in [5.41, 5.74) is 0.716. The molecule has 41 heavy (non-hydrogen) atoms. The second-order valence-corrected chi connectivity index (χ2v) is 10.6. The van der Waals surface area contributed by atoms with Gasteiger partial charge in [-0.05, 0) is 48.0 Å². The Morgan fingerprint density at radius 1 is 0.829 bits per heavy atom. The standard InChI is InChI=1S/C34H23F2NO4/c1-41-24-6-4-5-21(18-24)31(38)30-29(19-9-12-22(35)13-10-19)34(32(39)25-7-2-3-8-26(25)33(34)40)28-16-11-20-17-23(36)14-15-27(20)37(28)30/h2-18,28-30H,1H3/t28-,29+,30-/m0/s1. The van der Waals surface area contributed by atoms with Gasteiger partial charge in [-0.2, -0.15) is 0 Å². The van der Waals surface area contributed by atoms with E-state index in [0.29, 0.717) is 28.1 Å². The van der Waals surface area contributed by atoms with E-state index in [0.717, 1.165) is 0 Å². The van der Waals surface area contributed by atoms with E-state index in [1.165, 1.54) is 43.5 Å². The zero-order valence-corrected chi connectivity index (χ0v) is 21.9. The number of halogens is 2. The van der Waals surface area contributed by atoms with Crippen LogP contribution in [0.4, 0.5) is 14.5 Å². The van der Waals surface area contributed by atoms with Crippen LogP contribution >= 0.6 is 0 Å². The van der Waals surface area contributed by atoms with Crippen molar-refractivity contribution in [1.82, 2.24) is 0 Å². The predicted molar refractivity (Wildman–Crippen MR) is 149 cm³/mol. The summed E-state index contributed by atoms with van der Waals surface area (Å²) in [6, 6.07) is 21.3. The molecule has 3 atom stereocenters. The molecule has 0 radical (unpaired) electrons. The van der Waals surface area contributed by atoms with E-state index in [2.05, 4.69) is 0 Å². The van der Waals surface area contributed by atoms with Gasteiger partial charge in [0.2, 0.25) is 0 Å². The molecule has 7 heteroatoms. The van der Waals surface area contributed by atoms with E-state index in [1.807, 2.05) is 0 Å². The van der Waals surface area contributed by atoms with Crippen LogP contribution in [0, 0.1) is 17.0 Å². The minimum Gasteiger partial charge on any atom is -0.497 e. The number of carbonyl (C=O) groups excluding carboxylic acids is 3. The van der Waals surface area contributed by atoms with Crippen molar-refractivity contribution in [2.75, 3.05) is 12.0 Å². The monoisotopic (exact) mass is 547 g/mol. The molecule has 4 aromatic carbocycles. The molecule has 0 amide bonds. The first-order valence-corrected chi connectivity index (χ1v) is 13.2. The van der Waals surface area contributed by atoms with E-state index in [9.17, 15) is 23.2 Å². The molecule has 2 heterocycles. The van der Waals surface area contributed by atoms with Crippen LogP contribution in [0.3, 0.4) is 0 Å². The largest absolute Gasteiger partial charge is 0.497 e. The van der Waals surface area contributed by atoms with Crippen molar-refractivity contribution in [3.63, 3.8) is 0 Å². The maximum Gasteiger partial charge on any atom is 0.186 e. The number of rotatable bonds is 4. The summed E-state index contributed by atoms with van der Waals surface area (Å²) in [5, 5.41) is 0. The molecule has 0 bridgehead atoms. The lowest BCUT2D eigenvalue weighted by Crippen LogP contribution is -2.48. The fraction of sp³-hybridized carbons (Fsp3) is 0.147. The number of hydrogen-bond donors (Lipinski definition) is 0. The molecule has 0 aromatic heterocycles. The van der Waals surface area contributed by atoms with Gasteiger partial charge in [-0.1, -0.05) is 60.7 Å². The number of carbonyl (C=O) groups is 3. The summed E-state index contributed by atoms with van der Waals surface area (Å²) in [6.07, 6.45) is 3.42. The fourth-order valence-corrected chi connectivity index (χ4v) is 6.94. The van der Waals surface area contributed by atoms with Crippen molar-refractivity contribution in [2.45, 2.75) is 18.0 Å². The second-order valence-electron chi connectivity index (χ2n) is 10.6. The van der Waals surface area contributed by atoms with Crippen LogP contribution in [0.5, 0.6) is 5.75 Å². The second kappa shape index (κ2) is 9.06. The van der Waals surface area contributed by atoms with Crippen LogP contribution in [0.15, 0.2) is 97.1 Å². The lowest BCUT2D eigenvalue weighted by atomic mass is 9.64. The average molecular weight is 548 g/mol. The fourth-order valence-electron chi connectivity index (χ4n) is 6.94. The minimum absolute atomic E-state index is 0.289. The maximum absolute atomic E-state index is 14.6. The Kier molecular flexibility index (Phi) is 5.54. The summed E-state index contributed by atoms with van der Waals surface area (Å²) in [5.74, 6) is -2.58. The molecule has 7 rings (SSSR count). The smallest absolute Gasteiger partial charge is 0.186 e. The van der Waals surface area contributed by atoms with E-state index in [4.69, 9.17) is 4.74 Å². The molecule has 1 saturated heterocycles. The van der Waals surface area contributed by atoms with Crippen LogP contribution in [0.1, 0.15) is 48.1 Å². The average Bonchev–Trinajstić information content (AvgIpc) is 3.43. The molecular weight excluding hydrogens is 524 g/mol. The summed E-state index contributed by atoms with van der Waals surface area (Å²) >= 11 is 0. The Balaban J connectivity index is 1.54. The van der Waals surface area contributed by atoms with Gasteiger partial charge in [0.1, 0.15) is 28.8 Å². The Labute approximate surface area is 234 Å². The van der Waals surface area contributed by atoms with E-state index >= 15 is 0 Å². The summed E-state index contributed by atoms with van der Waals surface area (Å²) < 4.78 is 33.9. The Morgan fingerprint density at radius 2 is 1.51 bits per heavy atom. The van der Waals surface area contributed by atoms with Crippen molar-refractivity contribution in [3.05, 3.63) is 137 Å². The molecule has 4 aromatic rings. The molecular formula is C34H23F2NO4. The first kappa shape index (κ1) is 25.1. The number of ketones is 3. The van der Waals surface area contributed by atoms with Crippen molar-refractivity contribution in [1.29, 1.82) is 0 Å². The van der Waals surface area contributed by atoms with Gasteiger partial charge in [-0.3, -0.25) is 14.4 Å². The van der Waals surface area contributed by atoms with Crippen LogP contribution < -0.4 is 9.64 Å². The van der Waals surface area contributed by atoms with Gasteiger partial charge >= 0.3 is 0 Å². The van der Waals surface area contributed by atoms with Gasteiger partial charge in [0, 0.05) is 33.9 Å². The number of benzene rings is 4. The highest BCUT2D eigenvalue weighted by molar-refractivity contribution is 6.32. The molecule has 202 valence electrons.